The van der Waals surface area contributed by atoms with E-state index in [2.05, 4.69) is 5.32 Å². The minimum absolute atomic E-state index is 0.105. The molecule has 2 heterocycles. The van der Waals surface area contributed by atoms with Crippen LogP contribution < -0.4 is 29.2 Å². The number of fused-ring (bicyclic) bond motifs is 1. The zero-order valence-corrected chi connectivity index (χ0v) is 17.0. The maximum Gasteiger partial charge on any atom is 0.336 e. The third-order valence-electron chi connectivity index (χ3n) is 4.59. The van der Waals surface area contributed by atoms with Crippen molar-refractivity contribution in [2.75, 3.05) is 24.9 Å². The van der Waals surface area contributed by atoms with Gasteiger partial charge in [-0.1, -0.05) is 6.07 Å². The van der Waals surface area contributed by atoms with E-state index in [0.717, 1.165) is 4.90 Å². The fraction of sp³-hybridized carbons (Fsp3) is 0.227. The number of rotatable bonds is 6. The number of nitrogens with one attached hydrogen (secondary N) is 1. The number of carbonyl (C=O) groups is 3. The molecule has 4 rings (SSSR count). The predicted molar refractivity (Wildman–Crippen MR) is 110 cm³/mol. The Bertz CT molecular complexity index is 1090. The van der Waals surface area contributed by atoms with Crippen molar-refractivity contribution >= 4 is 29.6 Å². The first-order valence-electron chi connectivity index (χ1n) is 9.72. The van der Waals surface area contributed by atoms with E-state index in [1.807, 2.05) is 6.92 Å². The lowest BCUT2D eigenvalue weighted by Crippen LogP contribution is -2.54. The summed E-state index contributed by atoms with van der Waals surface area (Å²) in [6.07, 6.45) is 1.39. The summed E-state index contributed by atoms with van der Waals surface area (Å²) in [6.45, 7) is 4.44. The van der Waals surface area contributed by atoms with Gasteiger partial charge in [-0.15, -0.1) is 0 Å². The molecule has 0 radical (unpaired) electrons. The van der Waals surface area contributed by atoms with Crippen LogP contribution in [-0.4, -0.2) is 37.9 Å². The molecule has 160 valence electrons. The summed E-state index contributed by atoms with van der Waals surface area (Å²) in [5.74, 6) is 0.288. The number of urea groups is 1. The lowest BCUT2D eigenvalue weighted by Gasteiger charge is -2.28. The second-order valence-electron chi connectivity index (χ2n) is 6.57. The van der Waals surface area contributed by atoms with Gasteiger partial charge in [-0.25, -0.2) is 9.69 Å². The Labute approximate surface area is 178 Å². The first kappa shape index (κ1) is 20.3. The average Bonchev–Trinajstić information content (AvgIpc) is 3.21. The Morgan fingerprint density at radius 2 is 1.77 bits per heavy atom. The molecule has 2 aromatic rings. The van der Waals surface area contributed by atoms with Gasteiger partial charge in [0.25, 0.3) is 11.8 Å². The summed E-state index contributed by atoms with van der Waals surface area (Å²) >= 11 is 0. The van der Waals surface area contributed by atoms with Gasteiger partial charge in [0.2, 0.25) is 6.79 Å². The number of benzene rings is 2. The second kappa shape index (κ2) is 8.39. The number of carbonyl (C=O) groups excluding carboxylic acids is 3. The van der Waals surface area contributed by atoms with E-state index in [9.17, 15) is 14.4 Å². The summed E-state index contributed by atoms with van der Waals surface area (Å²) in [5, 5.41) is 2.21. The summed E-state index contributed by atoms with van der Waals surface area (Å²) in [6, 6.07) is 8.97. The van der Waals surface area contributed by atoms with Crippen molar-refractivity contribution in [1.29, 1.82) is 0 Å². The Kier molecular flexibility index (Phi) is 5.48. The zero-order chi connectivity index (χ0) is 22.0. The van der Waals surface area contributed by atoms with Crippen molar-refractivity contribution in [3.63, 3.8) is 0 Å². The minimum Gasteiger partial charge on any atom is -0.494 e. The van der Waals surface area contributed by atoms with Crippen LogP contribution in [0, 0.1) is 0 Å². The molecule has 9 nitrogen and oxygen atoms in total. The highest BCUT2D eigenvalue weighted by molar-refractivity contribution is 6.39. The van der Waals surface area contributed by atoms with Crippen LogP contribution in [0.3, 0.4) is 0 Å². The molecule has 1 saturated heterocycles. The fourth-order valence-corrected chi connectivity index (χ4v) is 3.25. The van der Waals surface area contributed by atoms with Gasteiger partial charge in [-0.2, -0.15) is 0 Å². The number of amides is 4. The van der Waals surface area contributed by atoms with E-state index >= 15 is 0 Å². The molecule has 0 aromatic heterocycles. The third kappa shape index (κ3) is 3.89. The van der Waals surface area contributed by atoms with E-state index in [0.29, 0.717) is 41.8 Å². The molecule has 1 N–H and O–H groups in total. The first-order chi connectivity index (χ1) is 15.0. The summed E-state index contributed by atoms with van der Waals surface area (Å²) in [7, 11) is 0. The predicted octanol–water partition coefficient (Wildman–Crippen LogP) is 2.88. The monoisotopic (exact) mass is 424 g/mol. The third-order valence-corrected chi connectivity index (χ3v) is 4.59. The van der Waals surface area contributed by atoms with Gasteiger partial charge in [0.15, 0.2) is 11.5 Å². The molecule has 2 aromatic carbocycles. The molecule has 31 heavy (non-hydrogen) atoms. The van der Waals surface area contributed by atoms with Crippen molar-refractivity contribution in [2.45, 2.75) is 13.8 Å². The lowest BCUT2D eigenvalue weighted by atomic mass is 10.1. The summed E-state index contributed by atoms with van der Waals surface area (Å²) in [5.41, 5.74) is 0.521. The highest BCUT2D eigenvalue weighted by Gasteiger charge is 2.38. The molecule has 0 saturated carbocycles. The van der Waals surface area contributed by atoms with Crippen molar-refractivity contribution in [3.05, 3.63) is 47.5 Å². The molecular formula is C22H20N2O7. The largest absolute Gasteiger partial charge is 0.494 e. The molecular weight excluding hydrogens is 404 g/mol. The maximum absolute atomic E-state index is 13.2. The number of barbiturate groups is 1. The number of nitrogens with zero attached hydrogens (tertiary/aromatic N) is 1. The fourth-order valence-electron chi connectivity index (χ4n) is 3.25. The Morgan fingerprint density at radius 3 is 2.55 bits per heavy atom. The number of imide groups is 2. The summed E-state index contributed by atoms with van der Waals surface area (Å²) in [4.78, 5) is 39.2. The van der Waals surface area contributed by atoms with Gasteiger partial charge in [0.1, 0.15) is 17.1 Å². The highest BCUT2D eigenvalue weighted by Crippen LogP contribution is 2.36. The molecule has 0 bridgehead atoms. The van der Waals surface area contributed by atoms with E-state index in [1.165, 1.54) is 12.1 Å². The van der Waals surface area contributed by atoms with Crippen molar-refractivity contribution in [1.82, 2.24) is 5.32 Å². The quantitative estimate of drug-likeness (QED) is 0.562. The van der Waals surface area contributed by atoms with E-state index in [4.69, 9.17) is 18.9 Å². The van der Waals surface area contributed by atoms with Crippen molar-refractivity contribution in [2.24, 2.45) is 0 Å². The van der Waals surface area contributed by atoms with Gasteiger partial charge >= 0.3 is 6.03 Å². The van der Waals surface area contributed by atoms with E-state index in [-0.39, 0.29) is 18.1 Å². The van der Waals surface area contributed by atoms with Crippen LogP contribution in [0.2, 0.25) is 0 Å². The first-order valence-corrected chi connectivity index (χ1v) is 9.72. The topological polar surface area (TPSA) is 103 Å². The number of ether oxygens (including phenoxy) is 4. The standard InChI is InChI=1S/C22H20N2O7/c1-3-28-14-6-8-17(29-4-2)16(11-14)24-21(26)15(20(25)23-22(24)27)9-13-5-7-18-19(10-13)31-12-30-18/h5-11H,3-4,12H2,1-2H3,(H,23,25,27)/b15-9+. The average molecular weight is 424 g/mol. The van der Waals surface area contributed by atoms with Crippen LogP contribution in [0.15, 0.2) is 42.0 Å². The maximum atomic E-state index is 13.2. The van der Waals surface area contributed by atoms with Crippen molar-refractivity contribution in [3.8, 4) is 23.0 Å². The Hall–Kier alpha value is -4.01. The van der Waals surface area contributed by atoms with Crippen molar-refractivity contribution < 1.29 is 33.3 Å². The molecule has 1 fully saturated rings. The van der Waals surface area contributed by atoms with Crippen LogP contribution in [0.25, 0.3) is 6.08 Å². The molecule has 9 heteroatoms. The number of hydrogen-bond donors (Lipinski definition) is 1. The highest BCUT2D eigenvalue weighted by atomic mass is 16.7. The van der Waals surface area contributed by atoms with Gasteiger partial charge in [0, 0.05) is 6.07 Å². The molecule has 0 spiro atoms. The number of anilines is 1. The van der Waals surface area contributed by atoms with Crippen LogP contribution in [0.1, 0.15) is 19.4 Å². The molecule has 0 aliphatic carbocycles. The zero-order valence-electron chi connectivity index (χ0n) is 17.0. The molecule has 0 unspecified atom stereocenters. The smallest absolute Gasteiger partial charge is 0.336 e. The molecule has 2 aliphatic heterocycles. The van der Waals surface area contributed by atoms with E-state index < -0.39 is 17.8 Å². The van der Waals surface area contributed by atoms with Crippen LogP contribution >= 0.6 is 0 Å². The lowest BCUT2D eigenvalue weighted by molar-refractivity contribution is -0.122. The molecule has 4 amide bonds. The van der Waals surface area contributed by atoms with Crippen LogP contribution in [-0.2, 0) is 9.59 Å². The normalized spacial score (nSPS) is 16.5. The van der Waals surface area contributed by atoms with Gasteiger partial charge in [0.05, 0.1) is 18.9 Å². The van der Waals surface area contributed by atoms with Gasteiger partial charge in [-0.05, 0) is 49.8 Å². The SMILES string of the molecule is CCOc1ccc(OCC)c(N2C(=O)NC(=O)/C(=C\c3ccc4c(c3)OCO4)C2=O)c1. The Morgan fingerprint density at radius 1 is 1.00 bits per heavy atom. The molecule has 2 aliphatic rings. The van der Waals surface area contributed by atoms with Crippen LogP contribution in [0.4, 0.5) is 10.5 Å². The van der Waals surface area contributed by atoms with E-state index in [1.54, 1.807) is 37.3 Å². The number of hydrogen-bond acceptors (Lipinski definition) is 7. The molecule has 0 atom stereocenters. The second-order valence-corrected chi connectivity index (χ2v) is 6.57. The summed E-state index contributed by atoms with van der Waals surface area (Å²) < 4.78 is 21.7. The minimum atomic E-state index is -0.868. The van der Waals surface area contributed by atoms with Crippen LogP contribution in [0.5, 0.6) is 23.0 Å². The Balaban J connectivity index is 1.74. The van der Waals surface area contributed by atoms with Gasteiger partial charge < -0.3 is 18.9 Å². The van der Waals surface area contributed by atoms with Gasteiger partial charge in [-0.3, -0.25) is 14.9 Å².